The van der Waals surface area contributed by atoms with E-state index in [2.05, 4.69) is 21.2 Å². The van der Waals surface area contributed by atoms with Gasteiger partial charge < -0.3 is 10.4 Å². The van der Waals surface area contributed by atoms with Crippen LogP contribution in [0.2, 0.25) is 0 Å². The number of hydrogen-bond acceptors (Lipinski definition) is 2. The minimum atomic E-state index is -4.50. The number of alkyl halides is 3. The number of nitrogens with one attached hydrogen (secondary N) is 1. The fourth-order valence-electron chi connectivity index (χ4n) is 2.05. The SMILES string of the molecule is CCC(CC)(CNc1ccc(Br)cc1C(F)(F)F)C(=O)O. The second-order valence-corrected chi connectivity index (χ2v) is 5.75. The maximum Gasteiger partial charge on any atom is 0.418 e. The molecule has 2 N–H and O–H groups in total. The van der Waals surface area contributed by atoms with Crippen LogP contribution in [0.25, 0.3) is 0 Å². The first-order valence-electron chi connectivity index (χ1n) is 6.50. The van der Waals surface area contributed by atoms with E-state index >= 15 is 0 Å². The highest BCUT2D eigenvalue weighted by molar-refractivity contribution is 9.10. The number of hydrogen-bond donors (Lipinski definition) is 2. The van der Waals surface area contributed by atoms with Gasteiger partial charge in [0.1, 0.15) is 0 Å². The molecular weight excluding hydrogens is 351 g/mol. The molecule has 0 aliphatic rings. The lowest BCUT2D eigenvalue weighted by atomic mass is 9.82. The molecule has 7 heteroatoms. The summed E-state index contributed by atoms with van der Waals surface area (Å²) in [7, 11) is 0. The molecule has 0 unspecified atom stereocenters. The van der Waals surface area contributed by atoms with Gasteiger partial charge in [-0.3, -0.25) is 4.79 Å². The van der Waals surface area contributed by atoms with Gasteiger partial charge in [-0.25, -0.2) is 0 Å². The van der Waals surface area contributed by atoms with Crippen LogP contribution in [-0.4, -0.2) is 17.6 Å². The summed E-state index contributed by atoms with van der Waals surface area (Å²) in [4.78, 5) is 11.4. The van der Waals surface area contributed by atoms with Gasteiger partial charge in [0.25, 0.3) is 0 Å². The molecule has 0 fully saturated rings. The summed E-state index contributed by atoms with van der Waals surface area (Å²) in [5.74, 6) is -1.01. The third-order valence-electron chi connectivity index (χ3n) is 3.71. The lowest BCUT2D eigenvalue weighted by Gasteiger charge is -2.28. The Hall–Kier alpha value is -1.24. The average Bonchev–Trinajstić information content (AvgIpc) is 2.40. The smallest absolute Gasteiger partial charge is 0.418 e. The largest absolute Gasteiger partial charge is 0.481 e. The van der Waals surface area contributed by atoms with Gasteiger partial charge in [-0.05, 0) is 31.0 Å². The van der Waals surface area contributed by atoms with Crippen molar-refractivity contribution in [2.45, 2.75) is 32.9 Å². The molecule has 0 atom stereocenters. The lowest BCUT2D eigenvalue weighted by Crippen LogP contribution is -2.37. The molecule has 21 heavy (non-hydrogen) atoms. The molecule has 0 aliphatic heterocycles. The third-order valence-corrected chi connectivity index (χ3v) is 4.20. The Kier molecular flexibility index (Phi) is 5.67. The van der Waals surface area contributed by atoms with Crippen molar-refractivity contribution in [2.75, 3.05) is 11.9 Å². The van der Waals surface area contributed by atoms with Gasteiger partial charge in [-0.2, -0.15) is 13.2 Å². The highest BCUT2D eigenvalue weighted by atomic mass is 79.9. The van der Waals surface area contributed by atoms with Crippen LogP contribution in [0.4, 0.5) is 18.9 Å². The Morgan fingerprint density at radius 2 is 1.86 bits per heavy atom. The Morgan fingerprint density at radius 3 is 2.29 bits per heavy atom. The second-order valence-electron chi connectivity index (χ2n) is 4.83. The van der Waals surface area contributed by atoms with E-state index in [1.54, 1.807) is 13.8 Å². The number of carboxylic acid groups (broad SMARTS) is 1. The van der Waals surface area contributed by atoms with Crippen molar-refractivity contribution < 1.29 is 23.1 Å². The summed E-state index contributed by atoms with van der Waals surface area (Å²) in [5, 5.41) is 12.0. The van der Waals surface area contributed by atoms with Gasteiger partial charge in [0, 0.05) is 16.7 Å². The topological polar surface area (TPSA) is 49.3 Å². The Bertz CT molecular complexity index is 513. The van der Waals surface area contributed by atoms with Crippen LogP contribution < -0.4 is 5.32 Å². The molecule has 0 aromatic heterocycles. The van der Waals surface area contributed by atoms with E-state index in [0.717, 1.165) is 6.07 Å². The second kappa shape index (κ2) is 6.68. The maximum absolute atomic E-state index is 13.0. The molecule has 0 radical (unpaired) electrons. The zero-order valence-electron chi connectivity index (χ0n) is 11.7. The molecule has 1 aromatic rings. The average molecular weight is 368 g/mol. The van der Waals surface area contributed by atoms with Crippen molar-refractivity contribution in [3.63, 3.8) is 0 Å². The van der Waals surface area contributed by atoms with E-state index in [0.29, 0.717) is 17.3 Å². The molecule has 0 spiro atoms. The first-order chi connectivity index (χ1) is 9.66. The zero-order chi connectivity index (χ0) is 16.3. The van der Waals surface area contributed by atoms with E-state index in [9.17, 15) is 23.1 Å². The van der Waals surface area contributed by atoms with Crippen LogP contribution in [0.5, 0.6) is 0 Å². The standard InChI is InChI=1S/C14H17BrF3NO2/c1-3-13(4-2,12(20)21)8-19-11-6-5-9(15)7-10(11)14(16,17)18/h5-7,19H,3-4,8H2,1-2H3,(H,20,21). The van der Waals surface area contributed by atoms with E-state index in [1.165, 1.54) is 12.1 Å². The monoisotopic (exact) mass is 367 g/mol. The molecule has 118 valence electrons. The Morgan fingerprint density at radius 1 is 1.29 bits per heavy atom. The van der Waals surface area contributed by atoms with Crippen molar-refractivity contribution >= 4 is 27.6 Å². The number of halogens is 4. The summed E-state index contributed by atoms with van der Waals surface area (Å²) in [6.07, 6.45) is -3.83. The molecule has 0 heterocycles. The Labute approximate surface area is 129 Å². The van der Waals surface area contributed by atoms with E-state index in [-0.39, 0.29) is 12.2 Å². The fraction of sp³-hybridized carbons (Fsp3) is 0.500. The number of carboxylic acids is 1. The van der Waals surface area contributed by atoms with Crippen LogP contribution in [0.15, 0.2) is 22.7 Å². The Balaban J connectivity index is 3.06. The van der Waals surface area contributed by atoms with Crippen molar-refractivity contribution in [3.05, 3.63) is 28.2 Å². The summed E-state index contributed by atoms with van der Waals surface area (Å²) in [6, 6.07) is 3.76. The van der Waals surface area contributed by atoms with Crippen molar-refractivity contribution in [1.82, 2.24) is 0 Å². The molecule has 0 saturated carbocycles. The highest BCUT2D eigenvalue weighted by Crippen LogP contribution is 2.37. The molecule has 1 rings (SSSR count). The van der Waals surface area contributed by atoms with E-state index in [1.807, 2.05) is 0 Å². The van der Waals surface area contributed by atoms with E-state index < -0.39 is 23.1 Å². The van der Waals surface area contributed by atoms with Gasteiger partial charge in [0.05, 0.1) is 11.0 Å². The van der Waals surface area contributed by atoms with Crippen molar-refractivity contribution in [2.24, 2.45) is 5.41 Å². The highest BCUT2D eigenvalue weighted by Gasteiger charge is 2.37. The number of rotatable bonds is 6. The summed E-state index contributed by atoms with van der Waals surface area (Å²) < 4.78 is 39.3. The van der Waals surface area contributed by atoms with Crippen LogP contribution in [0.1, 0.15) is 32.3 Å². The first kappa shape index (κ1) is 17.8. The van der Waals surface area contributed by atoms with Gasteiger partial charge >= 0.3 is 12.1 Å². The first-order valence-corrected chi connectivity index (χ1v) is 7.29. The number of benzene rings is 1. The molecule has 0 amide bonds. The number of aliphatic carboxylic acids is 1. The van der Waals surface area contributed by atoms with Gasteiger partial charge in [-0.15, -0.1) is 0 Å². The van der Waals surface area contributed by atoms with Crippen LogP contribution in [-0.2, 0) is 11.0 Å². The molecule has 0 saturated heterocycles. The molecule has 3 nitrogen and oxygen atoms in total. The zero-order valence-corrected chi connectivity index (χ0v) is 13.3. The van der Waals surface area contributed by atoms with Crippen LogP contribution in [0.3, 0.4) is 0 Å². The number of anilines is 1. The predicted octanol–water partition coefficient (Wildman–Crippen LogP) is 4.77. The van der Waals surface area contributed by atoms with Crippen molar-refractivity contribution in [1.29, 1.82) is 0 Å². The van der Waals surface area contributed by atoms with E-state index in [4.69, 9.17) is 0 Å². The molecule has 1 aromatic carbocycles. The molecular formula is C14H17BrF3NO2. The molecule has 0 bridgehead atoms. The van der Waals surface area contributed by atoms with Crippen LogP contribution >= 0.6 is 15.9 Å². The van der Waals surface area contributed by atoms with Gasteiger partial charge in [-0.1, -0.05) is 29.8 Å². The fourth-order valence-corrected chi connectivity index (χ4v) is 2.41. The third kappa shape index (κ3) is 4.12. The summed E-state index contributed by atoms with van der Waals surface area (Å²) in [5.41, 5.74) is -2.00. The minimum absolute atomic E-state index is 0.0555. The van der Waals surface area contributed by atoms with Gasteiger partial charge in [0.2, 0.25) is 0 Å². The van der Waals surface area contributed by atoms with Crippen LogP contribution in [0, 0.1) is 5.41 Å². The maximum atomic E-state index is 13.0. The summed E-state index contributed by atoms with van der Waals surface area (Å²) in [6.45, 7) is 3.37. The number of carbonyl (C=O) groups is 1. The summed E-state index contributed by atoms with van der Waals surface area (Å²) >= 11 is 3.01. The predicted molar refractivity (Wildman–Crippen MR) is 78.3 cm³/mol. The van der Waals surface area contributed by atoms with Gasteiger partial charge in [0.15, 0.2) is 0 Å². The quantitative estimate of drug-likeness (QED) is 0.761. The van der Waals surface area contributed by atoms with Crippen molar-refractivity contribution in [3.8, 4) is 0 Å². The normalized spacial score (nSPS) is 12.3. The molecule has 0 aliphatic carbocycles. The minimum Gasteiger partial charge on any atom is -0.481 e. The lowest BCUT2D eigenvalue weighted by molar-refractivity contribution is -0.148.